The lowest BCUT2D eigenvalue weighted by molar-refractivity contribution is -0.120. The van der Waals surface area contributed by atoms with Crippen LogP contribution in [0.1, 0.15) is 17.2 Å². The predicted octanol–water partition coefficient (Wildman–Crippen LogP) is 1.52. The van der Waals surface area contributed by atoms with E-state index in [4.69, 9.17) is 4.74 Å². The van der Waals surface area contributed by atoms with E-state index in [0.29, 0.717) is 19.1 Å². The van der Waals surface area contributed by atoms with Crippen LogP contribution in [-0.2, 0) is 9.53 Å². The molecule has 0 aromatic heterocycles. The number of guanidine groups is 1. The zero-order chi connectivity index (χ0) is 13.8. The van der Waals surface area contributed by atoms with Crippen molar-refractivity contribution >= 4 is 27.8 Å². The number of aliphatic imine (C=N–C) groups is 1. The van der Waals surface area contributed by atoms with Crippen molar-refractivity contribution in [3.8, 4) is 0 Å². The molecule has 1 aromatic carbocycles. The Bertz CT molecular complexity index is 517. The van der Waals surface area contributed by atoms with E-state index in [0.717, 1.165) is 15.6 Å². The highest BCUT2D eigenvalue weighted by Crippen LogP contribution is 2.22. The molecule has 1 fully saturated rings. The van der Waals surface area contributed by atoms with Crippen molar-refractivity contribution in [3.05, 3.63) is 33.8 Å². The molecule has 0 aliphatic carbocycles. The predicted molar refractivity (Wildman–Crippen MR) is 77.1 cm³/mol. The van der Waals surface area contributed by atoms with Crippen molar-refractivity contribution in [2.45, 2.75) is 13.0 Å². The first kappa shape index (κ1) is 14.0. The Labute approximate surface area is 120 Å². The van der Waals surface area contributed by atoms with Crippen LogP contribution in [0.25, 0.3) is 0 Å². The minimum atomic E-state index is -0.381. The van der Waals surface area contributed by atoms with Gasteiger partial charge in [-0.2, -0.15) is 0 Å². The van der Waals surface area contributed by atoms with Crippen molar-refractivity contribution in [1.29, 1.82) is 0 Å². The Morgan fingerprint density at radius 1 is 1.47 bits per heavy atom. The molecule has 0 saturated carbocycles. The third-order valence-electron chi connectivity index (χ3n) is 2.87. The Morgan fingerprint density at radius 2 is 2.26 bits per heavy atom. The number of nitrogens with zero attached hydrogens (tertiary/aromatic N) is 1. The molecule has 1 atom stereocenters. The number of halogens is 1. The zero-order valence-electron chi connectivity index (χ0n) is 10.9. The van der Waals surface area contributed by atoms with E-state index in [1.165, 1.54) is 0 Å². The second-order valence-corrected chi connectivity index (χ2v) is 5.15. The number of benzene rings is 1. The summed E-state index contributed by atoms with van der Waals surface area (Å²) in [6, 6.07) is 5.47. The number of methoxy groups -OCH3 is 1. The smallest absolute Gasteiger partial charge is 0.253 e. The molecule has 102 valence electrons. The summed E-state index contributed by atoms with van der Waals surface area (Å²) in [4.78, 5) is 16.1. The Balaban J connectivity index is 2.11. The number of hydrogen-bond acceptors (Lipinski definition) is 3. The highest BCUT2D eigenvalue weighted by molar-refractivity contribution is 9.10. The summed E-state index contributed by atoms with van der Waals surface area (Å²) < 4.78 is 5.95. The van der Waals surface area contributed by atoms with Crippen LogP contribution < -0.4 is 10.6 Å². The van der Waals surface area contributed by atoms with Crippen LogP contribution in [-0.4, -0.2) is 32.1 Å². The molecular formula is C13H16BrN3O2. The fourth-order valence-electron chi connectivity index (χ4n) is 1.84. The number of nitrogens with one attached hydrogen (secondary N) is 2. The van der Waals surface area contributed by atoms with Crippen LogP contribution in [0.4, 0.5) is 0 Å². The van der Waals surface area contributed by atoms with Gasteiger partial charge in [0.05, 0.1) is 13.2 Å². The lowest BCUT2D eigenvalue weighted by Gasteiger charge is -2.09. The second-order valence-electron chi connectivity index (χ2n) is 4.30. The molecule has 1 aliphatic heterocycles. The minimum Gasteiger partial charge on any atom is -0.383 e. The van der Waals surface area contributed by atoms with Gasteiger partial charge in [-0.3, -0.25) is 15.1 Å². The first-order valence-corrected chi connectivity index (χ1v) is 6.78. The van der Waals surface area contributed by atoms with Gasteiger partial charge in [-0.15, -0.1) is 0 Å². The third-order valence-corrected chi connectivity index (χ3v) is 3.76. The van der Waals surface area contributed by atoms with Crippen LogP contribution in [0.2, 0.25) is 0 Å². The number of rotatable bonds is 4. The van der Waals surface area contributed by atoms with Crippen LogP contribution >= 0.6 is 15.9 Å². The number of aryl methyl sites for hydroxylation is 1. The summed E-state index contributed by atoms with van der Waals surface area (Å²) in [7, 11) is 1.62. The summed E-state index contributed by atoms with van der Waals surface area (Å²) in [6.45, 7) is 3.04. The highest BCUT2D eigenvalue weighted by Gasteiger charge is 2.29. The van der Waals surface area contributed by atoms with E-state index < -0.39 is 0 Å². The molecular weight excluding hydrogens is 310 g/mol. The SMILES string of the molecule is COCCN=C1NC(=O)C(c2ccc(Br)c(C)c2)N1. The average Bonchev–Trinajstić information content (AvgIpc) is 2.74. The van der Waals surface area contributed by atoms with Gasteiger partial charge in [0.1, 0.15) is 6.04 Å². The first-order valence-electron chi connectivity index (χ1n) is 5.98. The van der Waals surface area contributed by atoms with E-state index >= 15 is 0 Å². The van der Waals surface area contributed by atoms with Crippen molar-refractivity contribution < 1.29 is 9.53 Å². The van der Waals surface area contributed by atoms with E-state index in [1.807, 2.05) is 25.1 Å². The van der Waals surface area contributed by atoms with Gasteiger partial charge in [0.2, 0.25) is 0 Å². The summed E-state index contributed by atoms with van der Waals surface area (Å²) in [6.07, 6.45) is 0. The molecule has 1 amide bonds. The maximum Gasteiger partial charge on any atom is 0.253 e. The van der Waals surface area contributed by atoms with E-state index in [9.17, 15) is 4.79 Å². The molecule has 2 rings (SSSR count). The van der Waals surface area contributed by atoms with Crippen LogP contribution in [0, 0.1) is 6.92 Å². The number of carbonyl (C=O) groups is 1. The quantitative estimate of drug-likeness (QED) is 0.825. The van der Waals surface area contributed by atoms with Crippen molar-refractivity contribution in [2.75, 3.05) is 20.3 Å². The molecule has 1 aliphatic rings. The molecule has 1 saturated heterocycles. The lowest BCUT2D eigenvalue weighted by Crippen LogP contribution is -2.26. The fourth-order valence-corrected chi connectivity index (χ4v) is 2.09. The summed E-state index contributed by atoms with van der Waals surface area (Å²) in [5, 5.41) is 5.81. The normalized spacial score (nSPS) is 20.5. The van der Waals surface area contributed by atoms with Gasteiger partial charge in [0.25, 0.3) is 5.91 Å². The summed E-state index contributed by atoms with van der Waals surface area (Å²) >= 11 is 3.45. The van der Waals surface area contributed by atoms with Crippen LogP contribution in [0.3, 0.4) is 0 Å². The molecule has 1 heterocycles. The highest BCUT2D eigenvalue weighted by atomic mass is 79.9. The van der Waals surface area contributed by atoms with Crippen LogP contribution in [0.5, 0.6) is 0 Å². The number of amides is 1. The van der Waals surface area contributed by atoms with Gasteiger partial charge in [-0.1, -0.05) is 28.1 Å². The summed E-state index contributed by atoms with van der Waals surface area (Å²) in [5.74, 6) is 0.422. The molecule has 2 N–H and O–H groups in total. The second kappa shape index (κ2) is 6.16. The monoisotopic (exact) mass is 325 g/mol. The summed E-state index contributed by atoms with van der Waals surface area (Å²) in [5.41, 5.74) is 2.02. The Morgan fingerprint density at radius 3 is 2.95 bits per heavy atom. The van der Waals surface area contributed by atoms with Gasteiger partial charge in [-0.05, 0) is 24.1 Å². The molecule has 0 bridgehead atoms. The third kappa shape index (κ3) is 3.33. The van der Waals surface area contributed by atoms with E-state index in [2.05, 4.69) is 31.6 Å². The minimum absolute atomic E-state index is 0.0853. The number of carbonyl (C=O) groups excluding carboxylic acids is 1. The van der Waals surface area contributed by atoms with Crippen molar-refractivity contribution in [2.24, 2.45) is 4.99 Å². The first-order chi connectivity index (χ1) is 9.11. The van der Waals surface area contributed by atoms with Gasteiger partial charge < -0.3 is 10.1 Å². The molecule has 1 aromatic rings. The topological polar surface area (TPSA) is 62.7 Å². The standard InChI is InChI=1S/C13H16BrN3O2/c1-8-7-9(3-4-10(8)14)11-12(18)17-13(16-11)15-5-6-19-2/h3-4,7,11H,5-6H2,1-2H3,(H2,15,16,17,18). The van der Waals surface area contributed by atoms with Crippen LogP contribution in [0.15, 0.2) is 27.7 Å². The van der Waals surface area contributed by atoms with Gasteiger partial charge in [0, 0.05) is 11.6 Å². The largest absolute Gasteiger partial charge is 0.383 e. The molecule has 1 unspecified atom stereocenters. The molecule has 19 heavy (non-hydrogen) atoms. The number of hydrogen-bond donors (Lipinski definition) is 2. The fraction of sp³-hybridized carbons (Fsp3) is 0.385. The van der Waals surface area contributed by atoms with Gasteiger partial charge >= 0.3 is 0 Å². The van der Waals surface area contributed by atoms with E-state index in [1.54, 1.807) is 7.11 Å². The average molecular weight is 326 g/mol. The van der Waals surface area contributed by atoms with E-state index in [-0.39, 0.29) is 11.9 Å². The Kier molecular flexibility index (Phi) is 4.55. The number of ether oxygens (including phenoxy) is 1. The van der Waals surface area contributed by atoms with Crippen molar-refractivity contribution in [3.63, 3.8) is 0 Å². The zero-order valence-corrected chi connectivity index (χ0v) is 12.5. The van der Waals surface area contributed by atoms with Crippen molar-refractivity contribution in [1.82, 2.24) is 10.6 Å². The molecule has 5 nitrogen and oxygen atoms in total. The molecule has 0 spiro atoms. The molecule has 0 radical (unpaired) electrons. The van der Waals surface area contributed by atoms with Gasteiger partial charge in [0.15, 0.2) is 5.96 Å². The molecule has 6 heteroatoms. The maximum absolute atomic E-state index is 11.9. The maximum atomic E-state index is 11.9. The van der Waals surface area contributed by atoms with Gasteiger partial charge in [-0.25, -0.2) is 0 Å². The lowest BCUT2D eigenvalue weighted by atomic mass is 10.0. The Hall–Kier alpha value is -1.40.